The maximum atomic E-state index is 2.31. The quantitative estimate of drug-likeness (QED) is 0.207. The Morgan fingerprint density at radius 1 is 0.419 bits per heavy atom. The number of hydrogen-bond donors (Lipinski definition) is 0. The standard InChI is InChI=1S/C28H18S2Te/c1-3-11-19(12-4-1)25-27(21-15-7-9-17-23(21)29-25)31-28-22-16-8-10-18-24(22)30-26(28)20-13-5-2-6-14-20/h1-18H. The summed E-state index contributed by atoms with van der Waals surface area (Å²) in [5.74, 6) is 0. The molecular weight excluding hydrogens is 528 g/mol. The van der Waals surface area contributed by atoms with Crippen molar-refractivity contribution < 1.29 is 0 Å². The van der Waals surface area contributed by atoms with Gasteiger partial charge in [0.1, 0.15) is 0 Å². The van der Waals surface area contributed by atoms with E-state index in [1.54, 1.807) is 7.22 Å². The number of fused-ring (bicyclic) bond motifs is 2. The van der Waals surface area contributed by atoms with Crippen molar-refractivity contribution in [3.8, 4) is 20.9 Å². The van der Waals surface area contributed by atoms with Gasteiger partial charge in [-0.1, -0.05) is 0 Å². The van der Waals surface area contributed by atoms with Crippen LogP contribution in [0.1, 0.15) is 0 Å². The van der Waals surface area contributed by atoms with Gasteiger partial charge >= 0.3 is 201 Å². The van der Waals surface area contributed by atoms with Gasteiger partial charge in [0.05, 0.1) is 0 Å². The molecule has 6 aromatic rings. The Morgan fingerprint density at radius 3 is 1.26 bits per heavy atom. The first kappa shape index (κ1) is 19.3. The molecule has 0 radical (unpaired) electrons. The van der Waals surface area contributed by atoms with Gasteiger partial charge in [0.25, 0.3) is 0 Å². The molecule has 4 aromatic carbocycles. The Morgan fingerprint density at radius 2 is 0.806 bits per heavy atom. The molecule has 148 valence electrons. The number of thiophene rings is 2. The Labute approximate surface area is 199 Å². The molecule has 31 heavy (non-hydrogen) atoms. The molecule has 0 atom stereocenters. The van der Waals surface area contributed by atoms with Gasteiger partial charge in [0.15, 0.2) is 0 Å². The first-order valence-electron chi connectivity index (χ1n) is 10.2. The van der Waals surface area contributed by atoms with Crippen LogP contribution in [-0.2, 0) is 0 Å². The van der Waals surface area contributed by atoms with Crippen LogP contribution in [0.5, 0.6) is 0 Å². The van der Waals surface area contributed by atoms with Gasteiger partial charge in [-0.3, -0.25) is 0 Å². The van der Waals surface area contributed by atoms with E-state index in [2.05, 4.69) is 109 Å². The van der Waals surface area contributed by atoms with E-state index in [-0.39, 0.29) is 0 Å². The Hall–Kier alpha value is -2.41. The van der Waals surface area contributed by atoms with Crippen LogP contribution in [0.2, 0.25) is 0 Å². The third-order valence-corrected chi connectivity index (χ3v) is 12.2. The van der Waals surface area contributed by atoms with Crippen LogP contribution in [0.3, 0.4) is 0 Å². The monoisotopic (exact) mass is 548 g/mol. The van der Waals surface area contributed by atoms with E-state index in [9.17, 15) is 0 Å². The molecule has 2 heterocycles. The number of rotatable bonds is 4. The van der Waals surface area contributed by atoms with E-state index in [0.29, 0.717) is 0 Å². The molecule has 0 amide bonds. The van der Waals surface area contributed by atoms with Crippen molar-refractivity contribution in [1.82, 2.24) is 0 Å². The van der Waals surface area contributed by atoms with Gasteiger partial charge in [0, 0.05) is 0 Å². The predicted octanol–water partition coefficient (Wildman–Crippen LogP) is 7.11. The number of hydrogen-bond acceptors (Lipinski definition) is 2. The Kier molecular flexibility index (Phi) is 5.14. The second kappa shape index (κ2) is 8.26. The van der Waals surface area contributed by atoms with Crippen LogP contribution in [0.25, 0.3) is 41.1 Å². The van der Waals surface area contributed by atoms with Crippen LogP contribution in [0.4, 0.5) is 0 Å². The molecule has 2 aromatic heterocycles. The zero-order valence-electron chi connectivity index (χ0n) is 16.6. The molecule has 3 heteroatoms. The molecule has 0 fully saturated rings. The summed E-state index contributed by atoms with van der Waals surface area (Å²) in [6, 6.07) is 39.7. The average Bonchev–Trinajstić information content (AvgIpc) is 3.40. The van der Waals surface area contributed by atoms with Crippen LogP contribution >= 0.6 is 22.7 Å². The molecule has 0 N–H and O–H groups in total. The SMILES string of the molecule is c1ccc(-c2sc3ccccc3c2[Te]c2c(-c3ccccc3)sc3ccccc23)cc1. The average molecular weight is 546 g/mol. The molecular formula is C28H18S2Te. The van der Waals surface area contributed by atoms with Gasteiger partial charge in [-0.25, -0.2) is 0 Å². The summed E-state index contributed by atoms with van der Waals surface area (Å²) in [6.45, 7) is 0. The van der Waals surface area contributed by atoms with E-state index >= 15 is 0 Å². The van der Waals surface area contributed by atoms with Crippen LogP contribution < -0.4 is 7.22 Å². The van der Waals surface area contributed by atoms with Gasteiger partial charge in [-0.15, -0.1) is 0 Å². The van der Waals surface area contributed by atoms with Crippen LogP contribution in [0.15, 0.2) is 109 Å². The van der Waals surface area contributed by atoms with E-state index < -0.39 is 20.9 Å². The second-order valence-electron chi connectivity index (χ2n) is 7.35. The maximum absolute atomic E-state index is 2.31. The summed E-state index contributed by atoms with van der Waals surface area (Å²) in [6.07, 6.45) is 0. The van der Waals surface area contributed by atoms with Crippen molar-refractivity contribution in [3.63, 3.8) is 0 Å². The molecule has 0 aliphatic carbocycles. The summed E-state index contributed by atoms with van der Waals surface area (Å²) >= 11 is 3.27. The fourth-order valence-corrected chi connectivity index (χ4v) is 11.2. The molecule has 0 unspecified atom stereocenters. The van der Waals surface area contributed by atoms with Gasteiger partial charge in [-0.05, 0) is 0 Å². The molecule has 6 rings (SSSR count). The van der Waals surface area contributed by atoms with Crippen molar-refractivity contribution in [2.75, 3.05) is 0 Å². The fraction of sp³-hybridized carbons (Fsp3) is 0. The molecule has 0 aliphatic rings. The van der Waals surface area contributed by atoms with E-state index in [1.807, 2.05) is 22.7 Å². The van der Waals surface area contributed by atoms with Crippen molar-refractivity contribution >= 4 is 71.0 Å². The summed E-state index contributed by atoms with van der Waals surface area (Å²) < 4.78 is 5.92. The normalized spacial score (nSPS) is 11.4. The topological polar surface area (TPSA) is 0 Å². The summed E-state index contributed by atoms with van der Waals surface area (Å²) in [5, 5.41) is 2.87. The minimum atomic E-state index is -0.612. The summed E-state index contributed by atoms with van der Waals surface area (Å²) in [4.78, 5) is 2.89. The third kappa shape index (κ3) is 3.53. The fourth-order valence-electron chi connectivity index (χ4n) is 3.91. The zero-order valence-corrected chi connectivity index (χ0v) is 20.6. The van der Waals surface area contributed by atoms with Crippen molar-refractivity contribution in [2.24, 2.45) is 0 Å². The first-order valence-corrected chi connectivity index (χ1v) is 14.2. The van der Waals surface area contributed by atoms with Gasteiger partial charge < -0.3 is 0 Å². The van der Waals surface area contributed by atoms with Crippen molar-refractivity contribution in [1.29, 1.82) is 0 Å². The molecule has 0 bridgehead atoms. The zero-order chi connectivity index (χ0) is 20.6. The second-order valence-corrected chi connectivity index (χ2v) is 12.4. The molecule has 0 nitrogen and oxygen atoms in total. The third-order valence-electron chi connectivity index (χ3n) is 5.38. The van der Waals surface area contributed by atoms with Crippen molar-refractivity contribution in [3.05, 3.63) is 109 Å². The first-order chi connectivity index (χ1) is 15.4. The molecule has 0 aliphatic heterocycles. The summed E-state index contributed by atoms with van der Waals surface area (Å²) in [5.41, 5.74) is 2.68. The Bertz CT molecular complexity index is 1380. The van der Waals surface area contributed by atoms with E-state index in [4.69, 9.17) is 0 Å². The van der Waals surface area contributed by atoms with Gasteiger partial charge in [-0.2, -0.15) is 0 Å². The minimum absolute atomic E-state index is 0.612. The van der Waals surface area contributed by atoms with Crippen molar-refractivity contribution in [2.45, 2.75) is 0 Å². The van der Waals surface area contributed by atoms with Crippen LogP contribution in [-0.4, -0.2) is 20.9 Å². The Balaban J connectivity index is 1.60. The molecule has 0 spiro atoms. The molecule has 0 saturated heterocycles. The van der Waals surface area contributed by atoms with Gasteiger partial charge in [0.2, 0.25) is 0 Å². The predicted molar refractivity (Wildman–Crippen MR) is 140 cm³/mol. The number of benzene rings is 4. The molecule has 0 saturated carbocycles. The van der Waals surface area contributed by atoms with E-state index in [0.717, 1.165) is 0 Å². The summed E-state index contributed by atoms with van der Waals surface area (Å²) in [7, 11) is 0. The van der Waals surface area contributed by atoms with E-state index in [1.165, 1.54) is 41.1 Å². The van der Waals surface area contributed by atoms with Crippen LogP contribution in [0, 0.1) is 0 Å².